The van der Waals surface area contributed by atoms with E-state index in [0.29, 0.717) is 12.1 Å². The van der Waals surface area contributed by atoms with E-state index in [1.54, 1.807) is 4.90 Å². The second kappa shape index (κ2) is 7.10. The van der Waals surface area contributed by atoms with Crippen LogP contribution < -0.4 is 5.32 Å². The molecule has 1 rings (SSSR count). The van der Waals surface area contributed by atoms with Crippen molar-refractivity contribution in [1.29, 1.82) is 0 Å². The molecule has 1 saturated carbocycles. The van der Waals surface area contributed by atoms with Gasteiger partial charge in [0.2, 0.25) is 5.91 Å². The molecule has 1 atom stereocenters. The lowest BCUT2D eigenvalue weighted by molar-refractivity contribution is -0.134. The Morgan fingerprint density at radius 3 is 2.22 bits per heavy atom. The van der Waals surface area contributed by atoms with Crippen molar-refractivity contribution >= 4 is 5.91 Å². The average Bonchev–Trinajstić information content (AvgIpc) is 2.37. The quantitative estimate of drug-likeness (QED) is 0.805. The van der Waals surface area contributed by atoms with Crippen LogP contribution in [-0.2, 0) is 4.79 Å². The van der Waals surface area contributed by atoms with E-state index in [1.807, 2.05) is 21.0 Å². The molecule has 0 radical (unpaired) electrons. The molecule has 1 unspecified atom stereocenters. The first-order valence-corrected chi connectivity index (χ1v) is 7.13. The monoisotopic (exact) mass is 255 g/mol. The summed E-state index contributed by atoms with van der Waals surface area (Å²) in [6.45, 7) is 5.23. The zero-order chi connectivity index (χ0) is 13.7. The van der Waals surface area contributed by atoms with Gasteiger partial charge in [-0.2, -0.15) is 0 Å². The van der Waals surface area contributed by atoms with Gasteiger partial charge in [0.25, 0.3) is 0 Å². The van der Waals surface area contributed by atoms with Crippen LogP contribution in [0.1, 0.15) is 39.5 Å². The first-order chi connectivity index (χ1) is 8.47. The molecule has 0 aromatic rings. The Hall–Kier alpha value is -0.610. The minimum atomic E-state index is -0.0133. The van der Waals surface area contributed by atoms with Crippen molar-refractivity contribution in [3.05, 3.63) is 0 Å². The maximum atomic E-state index is 12.0. The molecule has 0 aromatic carbocycles. The van der Waals surface area contributed by atoms with Crippen LogP contribution in [0.5, 0.6) is 0 Å². The Bertz CT molecular complexity index is 260. The maximum absolute atomic E-state index is 12.0. The van der Waals surface area contributed by atoms with Crippen LogP contribution in [0.2, 0.25) is 0 Å². The number of carbonyl (C=O) groups excluding carboxylic acids is 1. The third-order valence-corrected chi connectivity index (χ3v) is 4.17. The van der Waals surface area contributed by atoms with Crippen molar-refractivity contribution in [2.45, 2.75) is 57.7 Å². The molecule has 1 aliphatic carbocycles. The predicted octanol–water partition coefficient (Wildman–Crippen LogP) is 1.32. The summed E-state index contributed by atoms with van der Waals surface area (Å²) in [7, 11) is 5.74. The summed E-state index contributed by atoms with van der Waals surface area (Å²) in [5.74, 6) is 0.200. The van der Waals surface area contributed by atoms with Crippen molar-refractivity contribution in [3.8, 4) is 0 Å². The molecule has 0 heterocycles. The Morgan fingerprint density at radius 1 is 1.22 bits per heavy atom. The van der Waals surface area contributed by atoms with Crippen LogP contribution >= 0.6 is 0 Å². The minimum absolute atomic E-state index is 0.0133. The van der Waals surface area contributed by atoms with Gasteiger partial charge < -0.3 is 10.2 Å². The number of nitrogens with zero attached hydrogens (tertiary/aromatic N) is 2. The zero-order valence-electron chi connectivity index (χ0n) is 12.6. The van der Waals surface area contributed by atoms with E-state index in [0.717, 1.165) is 6.54 Å². The molecule has 4 nitrogen and oxygen atoms in total. The maximum Gasteiger partial charge on any atom is 0.239 e. The summed E-state index contributed by atoms with van der Waals surface area (Å²) in [6, 6.07) is 1.22. The van der Waals surface area contributed by atoms with Crippen LogP contribution in [0.25, 0.3) is 0 Å². The van der Waals surface area contributed by atoms with Crippen LogP contribution in [0.4, 0.5) is 0 Å². The van der Waals surface area contributed by atoms with Gasteiger partial charge in [-0.25, -0.2) is 0 Å². The first kappa shape index (κ1) is 15.4. The molecule has 0 bridgehead atoms. The van der Waals surface area contributed by atoms with Crippen LogP contribution in [0.3, 0.4) is 0 Å². The highest BCUT2D eigenvalue weighted by molar-refractivity contribution is 5.80. The fourth-order valence-corrected chi connectivity index (χ4v) is 2.84. The molecule has 18 heavy (non-hydrogen) atoms. The van der Waals surface area contributed by atoms with E-state index in [2.05, 4.69) is 24.2 Å². The third-order valence-electron chi connectivity index (χ3n) is 4.17. The van der Waals surface area contributed by atoms with Crippen molar-refractivity contribution in [3.63, 3.8) is 0 Å². The summed E-state index contributed by atoms with van der Waals surface area (Å²) in [4.78, 5) is 15.9. The predicted molar refractivity (Wildman–Crippen MR) is 75.6 cm³/mol. The van der Waals surface area contributed by atoms with Gasteiger partial charge in [0.1, 0.15) is 0 Å². The van der Waals surface area contributed by atoms with Crippen LogP contribution in [0.15, 0.2) is 0 Å². The average molecular weight is 255 g/mol. The van der Waals surface area contributed by atoms with Crippen molar-refractivity contribution in [2.75, 3.05) is 27.7 Å². The van der Waals surface area contributed by atoms with Crippen molar-refractivity contribution in [1.82, 2.24) is 15.1 Å². The molecule has 1 aliphatic rings. The number of likely N-dealkylation sites (N-methyl/N-ethyl adjacent to an activating group) is 2. The smallest absolute Gasteiger partial charge is 0.239 e. The van der Waals surface area contributed by atoms with Gasteiger partial charge in [-0.15, -0.1) is 0 Å². The Labute approximate surface area is 112 Å². The highest BCUT2D eigenvalue weighted by atomic mass is 16.2. The van der Waals surface area contributed by atoms with Gasteiger partial charge in [0, 0.05) is 26.2 Å². The van der Waals surface area contributed by atoms with Crippen molar-refractivity contribution in [2.24, 2.45) is 0 Å². The number of carbonyl (C=O) groups is 1. The van der Waals surface area contributed by atoms with Gasteiger partial charge in [0.05, 0.1) is 6.04 Å². The summed E-state index contributed by atoms with van der Waals surface area (Å²) in [5, 5.41) is 3.52. The number of hydrogen-bond donors (Lipinski definition) is 1. The molecular weight excluding hydrogens is 226 g/mol. The Morgan fingerprint density at radius 2 is 1.78 bits per heavy atom. The second-order valence-corrected chi connectivity index (χ2v) is 5.64. The summed E-state index contributed by atoms with van der Waals surface area (Å²) in [5.41, 5.74) is 0. The molecule has 0 aliphatic heterocycles. The van der Waals surface area contributed by atoms with Crippen molar-refractivity contribution < 1.29 is 4.79 Å². The summed E-state index contributed by atoms with van der Waals surface area (Å²) >= 11 is 0. The SMILES string of the molecule is CCNC1CCC(N(C)C(C)C(=O)N(C)C)CC1. The van der Waals surface area contributed by atoms with Gasteiger partial charge in [0.15, 0.2) is 0 Å². The van der Waals surface area contributed by atoms with Gasteiger partial charge in [-0.1, -0.05) is 6.92 Å². The fourth-order valence-electron chi connectivity index (χ4n) is 2.84. The topological polar surface area (TPSA) is 35.6 Å². The normalized spacial score (nSPS) is 26.1. The molecule has 106 valence electrons. The molecule has 1 N–H and O–H groups in total. The Balaban J connectivity index is 2.44. The van der Waals surface area contributed by atoms with Gasteiger partial charge >= 0.3 is 0 Å². The van der Waals surface area contributed by atoms with E-state index in [9.17, 15) is 4.79 Å². The number of rotatable bonds is 5. The third kappa shape index (κ3) is 3.95. The summed E-state index contributed by atoms with van der Waals surface area (Å²) in [6.07, 6.45) is 4.84. The molecule has 0 saturated heterocycles. The highest BCUT2D eigenvalue weighted by Gasteiger charge is 2.29. The van der Waals surface area contributed by atoms with Crippen LogP contribution in [-0.4, -0.2) is 61.5 Å². The number of nitrogens with one attached hydrogen (secondary N) is 1. The van der Waals surface area contributed by atoms with E-state index in [4.69, 9.17) is 0 Å². The van der Waals surface area contributed by atoms with E-state index < -0.39 is 0 Å². The van der Waals surface area contributed by atoms with Gasteiger partial charge in [-0.05, 0) is 46.2 Å². The highest BCUT2D eigenvalue weighted by Crippen LogP contribution is 2.23. The zero-order valence-corrected chi connectivity index (χ0v) is 12.6. The molecular formula is C14H29N3O. The molecule has 0 spiro atoms. The van der Waals surface area contributed by atoms with E-state index >= 15 is 0 Å². The second-order valence-electron chi connectivity index (χ2n) is 5.64. The summed E-state index contributed by atoms with van der Waals surface area (Å²) < 4.78 is 0. The van der Waals surface area contributed by atoms with E-state index in [1.165, 1.54) is 25.7 Å². The number of hydrogen-bond acceptors (Lipinski definition) is 3. The minimum Gasteiger partial charge on any atom is -0.347 e. The lowest BCUT2D eigenvalue weighted by atomic mass is 9.89. The van der Waals surface area contributed by atoms with Gasteiger partial charge in [-0.3, -0.25) is 9.69 Å². The molecule has 0 aromatic heterocycles. The largest absolute Gasteiger partial charge is 0.347 e. The fraction of sp³-hybridized carbons (Fsp3) is 0.929. The molecule has 1 amide bonds. The first-order valence-electron chi connectivity index (χ1n) is 7.13. The lowest BCUT2D eigenvalue weighted by Gasteiger charge is -2.38. The Kier molecular flexibility index (Phi) is 6.09. The molecule has 4 heteroatoms. The van der Waals surface area contributed by atoms with E-state index in [-0.39, 0.29) is 11.9 Å². The van der Waals surface area contributed by atoms with Crippen LogP contribution in [0, 0.1) is 0 Å². The molecule has 1 fully saturated rings. The lowest BCUT2D eigenvalue weighted by Crippen LogP contribution is -2.49. The standard InChI is InChI=1S/C14H29N3O/c1-6-15-12-7-9-13(10-8-12)17(5)11(2)14(18)16(3)4/h11-13,15H,6-10H2,1-5H3. The number of amides is 1.